The molecule has 1 amide bonds. The third-order valence-corrected chi connectivity index (χ3v) is 3.19. The van der Waals surface area contributed by atoms with Gasteiger partial charge in [-0.2, -0.15) is 9.61 Å². The van der Waals surface area contributed by atoms with E-state index in [2.05, 4.69) is 26.0 Å². The summed E-state index contributed by atoms with van der Waals surface area (Å²) < 4.78 is 2.11. The Labute approximate surface area is 123 Å². The van der Waals surface area contributed by atoms with Crippen LogP contribution in [0.1, 0.15) is 13.8 Å². The lowest BCUT2D eigenvalue weighted by atomic mass is 10.2. The van der Waals surface area contributed by atoms with Gasteiger partial charge in [-0.05, 0) is 21.8 Å². The summed E-state index contributed by atoms with van der Waals surface area (Å²) in [6, 6.07) is 1.49. The van der Waals surface area contributed by atoms with E-state index in [1.165, 1.54) is 15.5 Å². The number of anilines is 1. The minimum atomic E-state index is -1.05. The summed E-state index contributed by atoms with van der Waals surface area (Å²) >= 11 is 9.25. The Balaban J connectivity index is 2.61. The molecule has 0 aliphatic carbocycles. The molecule has 8 heteroatoms. The van der Waals surface area contributed by atoms with Crippen LogP contribution < -0.4 is 4.90 Å². The molecule has 2 aromatic rings. The SMILES string of the molecule is CC(C)CN(C(=O)O)c1cc(Cl)nc2c(Br)cnn12. The van der Waals surface area contributed by atoms with Crippen LogP contribution in [0.25, 0.3) is 5.65 Å². The molecule has 0 spiro atoms. The van der Waals surface area contributed by atoms with Crippen LogP contribution >= 0.6 is 27.5 Å². The largest absolute Gasteiger partial charge is 0.465 e. The molecule has 2 heterocycles. The van der Waals surface area contributed by atoms with Gasteiger partial charge in [-0.15, -0.1) is 0 Å². The Morgan fingerprint density at radius 2 is 2.32 bits per heavy atom. The molecule has 102 valence electrons. The van der Waals surface area contributed by atoms with Crippen molar-refractivity contribution in [2.75, 3.05) is 11.4 Å². The maximum atomic E-state index is 11.4. The summed E-state index contributed by atoms with van der Waals surface area (Å²) in [5.74, 6) is 0.555. The number of amides is 1. The molecule has 0 saturated carbocycles. The first-order valence-electron chi connectivity index (χ1n) is 5.60. The van der Waals surface area contributed by atoms with Crippen molar-refractivity contribution in [3.63, 3.8) is 0 Å². The lowest BCUT2D eigenvalue weighted by Gasteiger charge is -2.21. The van der Waals surface area contributed by atoms with Gasteiger partial charge in [0.05, 0.1) is 10.7 Å². The summed E-state index contributed by atoms with van der Waals surface area (Å²) in [4.78, 5) is 16.7. The smallest absolute Gasteiger partial charge is 0.413 e. The van der Waals surface area contributed by atoms with Gasteiger partial charge >= 0.3 is 6.09 Å². The molecule has 2 rings (SSSR count). The number of halogens is 2. The second-order valence-electron chi connectivity index (χ2n) is 4.45. The van der Waals surface area contributed by atoms with Gasteiger partial charge in [-0.3, -0.25) is 4.90 Å². The Morgan fingerprint density at radius 3 is 2.89 bits per heavy atom. The second-order valence-corrected chi connectivity index (χ2v) is 5.69. The topological polar surface area (TPSA) is 70.7 Å². The van der Waals surface area contributed by atoms with Crippen LogP contribution in [0.5, 0.6) is 0 Å². The van der Waals surface area contributed by atoms with Crippen molar-refractivity contribution >= 4 is 45.1 Å². The summed E-state index contributed by atoms with van der Waals surface area (Å²) in [6.45, 7) is 4.23. The highest BCUT2D eigenvalue weighted by Crippen LogP contribution is 2.25. The fourth-order valence-electron chi connectivity index (χ4n) is 1.72. The predicted molar refractivity (Wildman–Crippen MR) is 75.9 cm³/mol. The maximum absolute atomic E-state index is 11.4. The Bertz CT molecular complexity index is 628. The molecular weight excluding hydrogens is 336 g/mol. The predicted octanol–water partition coefficient (Wildman–Crippen LogP) is 3.29. The molecule has 0 radical (unpaired) electrons. The van der Waals surface area contributed by atoms with E-state index in [-0.39, 0.29) is 11.1 Å². The molecule has 19 heavy (non-hydrogen) atoms. The zero-order valence-corrected chi connectivity index (χ0v) is 12.7. The van der Waals surface area contributed by atoms with Crippen molar-refractivity contribution in [2.24, 2.45) is 5.92 Å². The highest BCUT2D eigenvalue weighted by molar-refractivity contribution is 9.10. The first-order valence-corrected chi connectivity index (χ1v) is 6.77. The normalized spacial score (nSPS) is 11.2. The zero-order chi connectivity index (χ0) is 14.2. The highest BCUT2D eigenvalue weighted by atomic mass is 79.9. The van der Waals surface area contributed by atoms with E-state index < -0.39 is 6.09 Å². The van der Waals surface area contributed by atoms with Gasteiger partial charge in [-0.25, -0.2) is 9.78 Å². The number of rotatable bonds is 3. The maximum Gasteiger partial charge on any atom is 0.413 e. The summed E-state index contributed by atoms with van der Waals surface area (Å²) in [5.41, 5.74) is 0.484. The molecule has 0 unspecified atom stereocenters. The Kier molecular flexibility index (Phi) is 3.96. The van der Waals surface area contributed by atoms with Crippen molar-refractivity contribution in [3.05, 3.63) is 21.9 Å². The van der Waals surface area contributed by atoms with E-state index in [0.29, 0.717) is 22.5 Å². The average Bonchev–Trinajstić information content (AvgIpc) is 2.67. The number of hydrogen-bond donors (Lipinski definition) is 1. The van der Waals surface area contributed by atoms with Gasteiger partial charge in [0.1, 0.15) is 11.0 Å². The minimum absolute atomic E-state index is 0.178. The van der Waals surface area contributed by atoms with Crippen LogP contribution in [-0.4, -0.2) is 32.3 Å². The lowest BCUT2D eigenvalue weighted by molar-refractivity contribution is 0.200. The lowest BCUT2D eigenvalue weighted by Crippen LogP contribution is -2.34. The van der Waals surface area contributed by atoms with Crippen LogP contribution in [0.2, 0.25) is 5.15 Å². The molecule has 0 aliphatic rings. The van der Waals surface area contributed by atoms with Crippen LogP contribution in [0.3, 0.4) is 0 Å². The number of nitrogens with zero attached hydrogens (tertiary/aromatic N) is 4. The monoisotopic (exact) mass is 346 g/mol. The summed E-state index contributed by atoms with van der Waals surface area (Å²) in [6.07, 6.45) is 0.501. The third-order valence-electron chi connectivity index (χ3n) is 2.43. The van der Waals surface area contributed by atoms with Crippen LogP contribution in [0.15, 0.2) is 16.7 Å². The second kappa shape index (κ2) is 5.34. The van der Waals surface area contributed by atoms with Crippen LogP contribution in [0, 0.1) is 5.92 Å². The Hall–Kier alpha value is -1.34. The number of carboxylic acid groups (broad SMARTS) is 1. The average molecular weight is 348 g/mol. The quantitative estimate of drug-likeness (QED) is 0.865. The van der Waals surface area contributed by atoms with Gasteiger partial charge in [0.15, 0.2) is 5.65 Å². The van der Waals surface area contributed by atoms with Crippen molar-refractivity contribution in [2.45, 2.75) is 13.8 Å². The Morgan fingerprint density at radius 1 is 1.63 bits per heavy atom. The van der Waals surface area contributed by atoms with Crippen molar-refractivity contribution < 1.29 is 9.90 Å². The van der Waals surface area contributed by atoms with Gasteiger partial charge in [0.2, 0.25) is 0 Å². The van der Waals surface area contributed by atoms with Crippen molar-refractivity contribution in [1.82, 2.24) is 14.6 Å². The van der Waals surface area contributed by atoms with E-state index >= 15 is 0 Å². The first kappa shape index (κ1) is 14.1. The van der Waals surface area contributed by atoms with Gasteiger partial charge < -0.3 is 5.11 Å². The molecule has 0 atom stereocenters. The van der Waals surface area contributed by atoms with Gasteiger partial charge in [-0.1, -0.05) is 25.4 Å². The van der Waals surface area contributed by atoms with Crippen molar-refractivity contribution in [3.8, 4) is 0 Å². The van der Waals surface area contributed by atoms with E-state index in [4.69, 9.17) is 11.6 Å². The standard InChI is InChI=1S/C11H12BrClN4O2/c1-6(2)5-16(11(18)19)9-3-8(13)15-10-7(12)4-14-17(9)10/h3-4,6H,5H2,1-2H3,(H,18,19). The number of fused-ring (bicyclic) bond motifs is 1. The van der Waals surface area contributed by atoms with Crippen molar-refractivity contribution in [1.29, 1.82) is 0 Å². The van der Waals surface area contributed by atoms with Crippen LogP contribution in [-0.2, 0) is 0 Å². The summed E-state index contributed by atoms with van der Waals surface area (Å²) in [7, 11) is 0. The number of aromatic nitrogens is 3. The zero-order valence-electron chi connectivity index (χ0n) is 10.3. The first-order chi connectivity index (χ1) is 8.90. The fourth-order valence-corrected chi connectivity index (χ4v) is 2.24. The minimum Gasteiger partial charge on any atom is -0.465 e. The third kappa shape index (κ3) is 2.82. The fraction of sp³-hybridized carbons (Fsp3) is 0.364. The molecule has 0 aliphatic heterocycles. The summed E-state index contributed by atoms with van der Waals surface area (Å²) in [5, 5.41) is 13.7. The highest BCUT2D eigenvalue weighted by Gasteiger charge is 2.21. The van der Waals surface area contributed by atoms with Gasteiger partial charge in [0, 0.05) is 12.6 Å². The van der Waals surface area contributed by atoms with E-state index in [9.17, 15) is 9.90 Å². The number of hydrogen-bond acceptors (Lipinski definition) is 3. The van der Waals surface area contributed by atoms with E-state index in [1.807, 2.05) is 13.8 Å². The van der Waals surface area contributed by atoms with E-state index in [1.54, 1.807) is 6.20 Å². The molecule has 0 saturated heterocycles. The molecular formula is C11H12BrClN4O2. The van der Waals surface area contributed by atoms with Gasteiger partial charge in [0.25, 0.3) is 0 Å². The molecule has 1 N–H and O–H groups in total. The molecule has 0 aromatic carbocycles. The molecule has 0 fully saturated rings. The molecule has 0 bridgehead atoms. The van der Waals surface area contributed by atoms with E-state index in [0.717, 1.165) is 0 Å². The number of carbonyl (C=O) groups is 1. The molecule has 6 nitrogen and oxygen atoms in total. The molecule has 2 aromatic heterocycles. The van der Waals surface area contributed by atoms with Crippen LogP contribution in [0.4, 0.5) is 10.6 Å².